The average molecular weight is 417 g/mol. The molecule has 0 bridgehead atoms. The number of benzene rings is 1. The molecule has 7 heteroatoms. The Labute approximate surface area is 175 Å². The van der Waals surface area contributed by atoms with Crippen molar-refractivity contribution in [1.82, 2.24) is 15.1 Å². The number of carbonyl (C=O) groups excluding carboxylic acids is 1. The van der Waals surface area contributed by atoms with Crippen LogP contribution >= 0.6 is 24.8 Å². The molecule has 1 aromatic carbocycles. The summed E-state index contributed by atoms with van der Waals surface area (Å²) in [5.41, 5.74) is 7.94. The number of piperazine rings is 1. The molecule has 1 aliphatic carbocycles. The van der Waals surface area contributed by atoms with Crippen LogP contribution in [0.4, 0.5) is 5.69 Å². The summed E-state index contributed by atoms with van der Waals surface area (Å²) >= 11 is 0. The molecule has 27 heavy (non-hydrogen) atoms. The minimum atomic E-state index is 0. The maximum absolute atomic E-state index is 12.3. The SMILES string of the molecule is CC1CCC(NC(=O)CN2CCN(Cc3cccc(N)c3)CC2)CC1.Cl.Cl. The van der Waals surface area contributed by atoms with Gasteiger partial charge in [-0.15, -0.1) is 24.8 Å². The largest absolute Gasteiger partial charge is 0.399 e. The predicted octanol–water partition coefficient (Wildman–Crippen LogP) is 2.92. The van der Waals surface area contributed by atoms with Gasteiger partial charge in [0.1, 0.15) is 0 Å². The number of hydrogen-bond donors (Lipinski definition) is 2. The molecule has 0 atom stereocenters. The average Bonchev–Trinajstić information content (AvgIpc) is 2.59. The molecule has 3 rings (SSSR count). The molecule has 1 saturated heterocycles. The molecule has 1 heterocycles. The van der Waals surface area contributed by atoms with Gasteiger partial charge in [0.25, 0.3) is 0 Å². The Morgan fingerprint density at radius 1 is 1.07 bits per heavy atom. The first kappa shape index (κ1) is 24.0. The van der Waals surface area contributed by atoms with E-state index >= 15 is 0 Å². The predicted molar refractivity (Wildman–Crippen MR) is 117 cm³/mol. The van der Waals surface area contributed by atoms with Crippen LogP contribution in [0.15, 0.2) is 24.3 Å². The van der Waals surface area contributed by atoms with Crippen molar-refractivity contribution in [2.75, 3.05) is 38.5 Å². The summed E-state index contributed by atoms with van der Waals surface area (Å²) in [7, 11) is 0. The Balaban J connectivity index is 0.00000182. The third kappa shape index (κ3) is 7.86. The van der Waals surface area contributed by atoms with E-state index in [1.807, 2.05) is 18.2 Å². The van der Waals surface area contributed by atoms with E-state index in [-0.39, 0.29) is 30.7 Å². The molecule has 0 unspecified atom stereocenters. The van der Waals surface area contributed by atoms with Crippen LogP contribution in [-0.4, -0.2) is 54.5 Å². The van der Waals surface area contributed by atoms with Crippen molar-refractivity contribution in [3.8, 4) is 0 Å². The number of amides is 1. The van der Waals surface area contributed by atoms with Gasteiger partial charge in [-0.2, -0.15) is 0 Å². The van der Waals surface area contributed by atoms with Crippen LogP contribution in [0.2, 0.25) is 0 Å². The third-order valence-electron chi connectivity index (χ3n) is 5.57. The summed E-state index contributed by atoms with van der Waals surface area (Å²) in [5.74, 6) is 1.02. The molecule has 1 saturated carbocycles. The van der Waals surface area contributed by atoms with Gasteiger partial charge < -0.3 is 11.1 Å². The Morgan fingerprint density at radius 2 is 1.70 bits per heavy atom. The standard InChI is InChI=1S/C20H32N4O.2ClH/c1-16-5-7-19(8-6-16)22-20(25)15-24-11-9-23(10-12-24)14-17-3-2-4-18(21)13-17;;/h2-4,13,16,19H,5-12,14-15,21H2,1H3,(H,22,25);2*1H. The second-order valence-corrected chi connectivity index (χ2v) is 7.82. The van der Waals surface area contributed by atoms with Gasteiger partial charge in [-0.3, -0.25) is 14.6 Å². The van der Waals surface area contributed by atoms with Crippen molar-refractivity contribution < 1.29 is 4.79 Å². The molecule has 5 nitrogen and oxygen atoms in total. The maximum atomic E-state index is 12.3. The van der Waals surface area contributed by atoms with Gasteiger partial charge in [0.15, 0.2) is 0 Å². The van der Waals surface area contributed by atoms with Crippen LogP contribution in [0, 0.1) is 5.92 Å². The molecule has 2 aliphatic rings. The van der Waals surface area contributed by atoms with E-state index in [1.54, 1.807) is 0 Å². The van der Waals surface area contributed by atoms with Gasteiger partial charge in [0.2, 0.25) is 5.91 Å². The molecule has 2 fully saturated rings. The number of nitrogen functional groups attached to an aromatic ring is 1. The van der Waals surface area contributed by atoms with Crippen LogP contribution in [0.3, 0.4) is 0 Å². The molecule has 154 valence electrons. The normalized spacial score (nSPS) is 23.7. The van der Waals surface area contributed by atoms with E-state index in [0.29, 0.717) is 12.6 Å². The van der Waals surface area contributed by atoms with Crippen LogP contribution in [0.5, 0.6) is 0 Å². The second-order valence-electron chi connectivity index (χ2n) is 7.82. The summed E-state index contributed by atoms with van der Waals surface area (Å²) < 4.78 is 0. The maximum Gasteiger partial charge on any atom is 0.234 e. The molecule has 1 aromatic rings. The summed E-state index contributed by atoms with van der Waals surface area (Å²) in [6.07, 6.45) is 4.77. The van der Waals surface area contributed by atoms with Crippen molar-refractivity contribution in [3.63, 3.8) is 0 Å². The first-order valence-corrected chi connectivity index (χ1v) is 9.67. The molecule has 1 amide bonds. The van der Waals surface area contributed by atoms with Gasteiger partial charge >= 0.3 is 0 Å². The number of hydrogen-bond acceptors (Lipinski definition) is 4. The van der Waals surface area contributed by atoms with E-state index in [2.05, 4.69) is 28.1 Å². The fraction of sp³-hybridized carbons (Fsp3) is 0.650. The van der Waals surface area contributed by atoms with Gasteiger partial charge in [0.05, 0.1) is 6.54 Å². The Bertz CT molecular complexity index is 571. The van der Waals surface area contributed by atoms with Gasteiger partial charge in [0, 0.05) is 44.5 Å². The lowest BCUT2D eigenvalue weighted by atomic mass is 9.87. The molecule has 0 spiro atoms. The number of nitrogens with zero attached hydrogens (tertiary/aromatic N) is 2. The molecule has 1 aliphatic heterocycles. The van der Waals surface area contributed by atoms with Crippen molar-refractivity contribution in [3.05, 3.63) is 29.8 Å². The van der Waals surface area contributed by atoms with Crippen molar-refractivity contribution in [2.45, 2.75) is 45.2 Å². The highest BCUT2D eigenvalue weighted by atomic mass is 35.5. The number of carbonyl (C=O) groups is 1. The van der Waals surface area contributed by atoms with Gasteiger partial charge in [-0.25, -0.2) is 0 Å². The minimum absolute atomic E-state index is 0. The monoisotopic (exact) mass is 416 g/mol. The fourth-order valence-electron chi connectivity index (χ4n) is 3.94. The quantitative estimate of drug-likeness (QED) is 0.724. The first-order chi connectivity index (χ1) is 12.1. The number of halogens is 2. The Kier molecular flexibility index (Phi) is 10.5. The third-order valence-corrected chi connectivity index (χ3v) is 5.57. The molecule has 0 aromatic heterocycles. The van der Waals surface area contributed by atoms with E-state index in [0.717, 1.165) is 57.2 Å². The number of rotatable bonds is 5. The van der Waals surface area contributed by atoms with Crippen molar-refractivity contribution in [2.24, 2.45) is 5.92 Å². The van der Waals surface area contributed by atoms with Gasteiger partial charge in [-0.05, 0) is 49.3 Å². The lowest BCUT2D eigenvalue weighted by Crippen LogP contribution is -2.50. The van der Waals surface area contributed by atoms with Crippen molar-refractivity contribution >= 4 is 36.4 Å². The smallest absolute Gasteiger partial charge is 0.234 e. The number of nitrogens with two attached hydrogens (primary N) is 1. The van der Waals surface area contributed by atoms with Crippen LogP contribution in [-0.2, 0) is 11.3 Å². The number of anilines is 1. The summed E-state index contributed by atoms with van der Waals surface area (Å²) in [5, 5.41) is 3.24. The Hall–Kier alpha value is -1.01. The summed E-state index contributed by atoms with van der Waals surface area (Å²) in [6, 6.07) is 8.50. The summed E-state index contributed by atoms with van der Waals surface area (Å²) in [6.45, 7) is 7.70. The van der Waals surface area contributed by atoms with E-state index in [9.17, 15) is 4.79 Å². The lowest BCUT2D eigenvalue weighted by Gasteiger charge is -2.35. The summed E-state index contributed by atoms with van der Waals surface area (Å²) in [4.78, 5) is 17.0. The highest BCUT2D eigenvalue weighted by molar-refractivity contribution is 5.85. The molecular weight excluding hydrogens is 383 g/mol. The van der Waals surface area contributed by atoms with Crippen LogP contribution < -0.4 is 11.1 Å². The molecular formula is C20H34Cl2N4O. The van der Waals surface area contributed by atoms with E-state index in [4.69, 9.17) is 5.73 Å². The zero-order valence-electron chi connectivity index (χ0n) is 16.2. The van der Waals surface area contributed by atoms with Crippen LogP contribution in [0.25, 0.3) is 0 Å². The van der Waals surface area contributed by atoms with Gasteiger partial charge in [-0.1, -0.05) is 19.1 Å². The molecule has 3 N–H and O–H groups in total. The van der Waals surface area contributed by atoms with E-state index in [1.165, 1.54) is 18.4 Å². The first-order valence-electron chi connectivity index (χ1n) is 9.67. The lowest BCUT2D eigenvalue weighted by molar-refractivity contribution is -0.123. The fourth-order valence-corrected chi connectivity index (χ4v) is 3.94. The van der Waals surface area contributed by atoms with Crippen molar-refractivity contribution in [1.29, 1.82) is 0 Å². The second kappa shape index (κ2) is 11.7. The zero-order valence-corrected chi connectivity index (χ0v) is 17.9. The highest BCUT2D eigenvalue weighted by Gasteiger charge is 2.22. The number of nitrogens with one attached hydrogen (secondary N) is 1. The van der Waals surface area contributed by atoms with Crippen LogP contribution in [0.1, 0.15) is 38.2 Å². The van der Waals surface area contributed by atoms with E-state index < -0.39 is 0 Å². The topological polar surface area (TPSA) is 61.6 Å². The highest BCUT2D eigenvalue weighted by Crippen LogP contribution is 2.23. The molecule has 0 radical (unpaired) electrons. The Morgan fingerprint density at radius 3 is 2.33 bits per heavy atom. The minimum Gasteiger partial charge on any atom is -0.399 e. The zero-order chi connectivity index (χ0) is 17.6.